The number of hydrogen-bond acceptors (Lipinski definition) is 3. The fourth-order valence-electron chi connectivity index (χ4n) is 3.73. The first-order chi connectivity index (χ1) is 14.6. The van der Waals surface area contributed by atoms with Crippen molar-refractivity contribution in [3.05, 3.63) is 83.6 Å². The summed E-state index contributed by atoms with van der Waals surface area (Å²) in [4.78, 5) is 13.3. The molecule has 152 valence electrons. The lowest BCUT2D eigenvalue weighted by molar-refractivity contribution is -0.113. The Morgan fingerprint density at radius 1 is 1.07 bits per heavy atom. The average Bonchev–Trinajstić information content (AvgIpc) is 2.74. The number of fused-ring (bicyclic) bond motifs is 1. The Morgan fingerprint density at radius 2 is 1.80 bits per heavy atom. The Bertz CT molecular complexity index is 1130. The number of ether oxygens (including phenoxy) is 1. The Morgan fingerprint density at radius 3 is 2.57 bits per heavy atom. The number of hydrogen-bond donors (Lipinski definition) is 3. The minimum absolute atomic E-state index is 0.183. The minimum Gasteiger partial charge on any atom is -0.494 e. The number of benzene rings is 3. The average molecular weight is 418 g/mol. The van der Waals surface area contributed by atoms with Gasteiger partial charge in [0.1, 0.15) is 5.75 Å². The number of anilines is 1. The molecule has 0 radical (unpaired) electrons. The van der Waals surface area contributed by atoms with Gasteiger partial charge in [0.15, 0.2) is 5.11 Å². The SMILES string of the molecule is CCOc1ccc(NC(=O)C2=C(C)NC(=S)N[C@@H]2c2cccc3ccccc23)cc1. The largest absolute Gasteiger partial charge is 0.494 e. The molecule has 30 heavy (non-hydrogen) atoms. The molecule has 1 amide bonds. The number of amides is 1. The van der Waals surface area contributed by atoms with Gasteiger partial charge in [-0.15, -0.1) is 0 Å². The molecule has 0 saturated heterocycles. The van der Waals surface area contributed by atoms with Crippen LogP contribution in [-0.2, 0) is 4.79 Å². The van der Waals surface area contributed by atoms with Crippen molar-refractivity contribution in [3.63, 3.8) is 0 Å². The summed E-state index contributed by atoms with van der Waals surface area (Å²) >= 11 is 5.39. The summed E-state index contributed by atoms with van der Waals surface area (Å²) in [7, 11) is 0. The number of nitrogens with one attached hydrogen (secondary N) is 3. The maximum Gasteiger partial charge on any atom is 0.255 e. The van der Waals surface area contributed by atoms with Crippen LogP contribution in [0, 0.1) is 0 Å². The number of carbonyl (C=O) groups excluding carboxylic acids is 1. The summed E-state index contributed by atoms with van der Waals surface area (Å²) < 4.78 is 5.47. The lowest BCUT2D eigenvalue weighted by Gasteiger charge is -2.31. The van der Waals surface area contributed by atoms with Crippen molar-refractivity contribution in [1.82, 2.24) is 10.6 Å². The minimum atomic E-state index is -0.354. The maximum atomic E-state index is 13.3. The van der Waals surface area contributed by atoms with Crippen LogP contribution in [0.25, 0.3) is 10.8 Å². The summed E-state index contributed by atoms with van der Waals surface area (Å²) in [6.07, 6.45) is 0. The molecule has 0 aromatic heterocycles. The predicted molar refractivity (Wildman–Crippen MR) is 124 cm³/mol. The third-order valence-corrected chi connectivity index (χ3v) is 5.29. The number of rotatable bonds is 5. The van der Waals surface area contributed by atoms with Gasteiger partial charge in [0, 0.05) is 11.4 Å². The predicted octanol–water partition coefficient (Wildman–Crippen LogP) is 4.67. The van der Waals surface area contributed by atoms with Gasteiger partial charge in [-0.2, -0.15) is 0 Å². The smallest absolute Gasteiger partial charge is 0.255 e. The van der Waals surface area contributed by atoms with Gasteiger partial charge in [-0.25, -0.2) is 0 Å². The third-order valence-electron chi connectivity index (χ3n) is 5.07. The third kappa shape index (κ3) is 4.00. The van der Waals surface area contributed by atoms with E-state index in [2.05, 4.69) is 34.1 Å². The van der Waals surface area contributed by atoms with Crippen LogP contribution in [0.4, 0.5) is 5.69 Å². The number of carbonyl (C=O) groups is 1. The van der Waals surface area contributed by atoms with Crippen LogP contribution in [0.5, 0.6) is 5.75 Å². The first kappa shape index (κ1) is 19.9. The standard InChI is InChI=1S/C24H23N3O2S/c1-3-29-18-13-11-17(12-14-18)26-23(28)21-15(2)25-24(30)27-22(21)20-10-6-8-16-7-4-5-9-19(16)20/h4-14,22H,3H2,1-2H3,(H,26,28)(H2,25,27,30)/t22-/m1/s1. The van der Waals surface area contributed by atoms with Gasteiger partial charge in [0.05, 0.1) is 18.2 Å². The van der Waals surface area contributed by atoms with Crippen molar-refractivity contribution in [2.45, 2.75) is 19.9 Å². The summed E-state index contributed by atoms with van der Waals surface area (Å²) in [5, 5.41) is 12.1. The Kier molecular flexibility index (Phi) is 5.68. The van der Waals surface area contributed by atoms with Crippen LogP contribution >= 0.6 is 12.2 Å². The van der Waals surface area contributed by atoms with Crippen molar-refractivity contribution in [2.75, 3.05) is 11.9 Å². The molecule has 1 heterocycles. The van der Waals surface area contributed by atoms with E-state index in [1.807, 2.05) is 62.4 Å². The molecular weight excluding hydrogens is 394 g/mol. The topological polar surface area (TPSA) is 62.4 Å². The zero-order valence-electron chi connectivity index (χ0n) is 16.9. The van der Waals surface area contributed by atoms with E-state index >= 15 is 0 Å². The molecule has 3 aromatic rings. The molecule has 0 bridgehead atoms. The molecule has 1 aliphatic rings. The van der Waals surface area contributed by atoms with Crippen LogP contribution in [0.2, 0.25) is 0 Å². The van der Waals surface area contributed by atoms with Crippen LogP contribution in [0.1, 0.15) is 25.5 Å². The van der Waals surface area contributed by atoms with Gasteiger partial charge in [-0.05, 0) is 66.7 Å². The highest BCUT2D eigenvalue weighted by atomic mass is 32.1. The van der Waals surface area contributed by atoms with Crippen molar-refractivity contribution in [1.29, 1.82) is 0 Å². The van der Waals surface area contributed by atoms with E-state index < -0.39 is 0 Å². The fourth-order valence-corrected chi connectivity index (χ4v) is 4.00. The molecule has 0 spiro atoms. The highest BCUT2D eigenvalue weighted by molar-refractivity contribution is 7.80. The first-order valence-electron chi connectivity index (χ1n) is 9.87. The van der Waals surface area contributed by atoms with Gasteiger partial charge in [0.25, 0.3) is 5.91 Å². The van der Waals surface area contributed by atoms with Crippen molar-refractivity contribution >= 4 is 39.7 Å². The molecule has 3 N–H and O–H groups in total. The fraction of sp³-hybridized carbons (Fsp3) is 0.167. The van der Waals surface area contributed by atoms with Crippen LogP contribution < -0.4 is 20.7 Å². The van der Waals surface area contributed by atoms with Crippen molar-refractivity contribution in [2.24, 2.45) is 0 Å². The first-order valence-corrected chi connectivity index (χ1v) is 10.3. The van der Waals surface area contributed by atoms with E-state index in [0.717, 1.165) is 27.8 Å². The van der Waals surface area contributed by atoms with E-state index in [4.69, 9.17) is 17.0 Å². The normalized spacial score (nSPS) is 16.1. The molecule has 5 nitrogen and oxygen atoms in total. The lowest BCUT2D eigenvalue weighted by Crippen LogP contribution is -2.45. The van der Waals surface area contributed by atoms with Crippen molar-refractivity contribution < 1.29 is 9.53 Å². The molecule has 4 rings (SSSR count). The van der Waals surface area contributed by atoms with E-state index in [-0.39, 0.29) is 11.9 Å². The molecule has 0 unspecified atom stereocenters. The van der Waals surface area contributed by atoms with Crippen molar-refractivity contribution in [3.8, 4) is 5.75 Å². The van der Waals surface area contributed by atoms with Gasteiger partial charge < -0.3 is 20.7 Å². The molecule has 1 atom stereocenters. The molecule has 6 heteroatoms. The van der Waals surface area contributed by atoms with Crippen LogP contribution in [-0.4, -0.2) is 17.6 Å². The molecule has 1 aliphatic heterocycles. The second kappa shape index (κ2) is 8.55. The Balaban J connectivity index is 1.69. The second-order valence-corrected chi connectivity index (χ2v) is 7.46. The number of thiocarbonyl (C=S) groups is 1. The molecule has 3 aromatic carbocycles. The van der Waals surface area contributed by atoms with Gasteiger partial charge in [0.2, 0.25) is 0 Å². The summed E-state index contributed by atoms with van der Waals surface area (Å²) in [5.74, 6) is 0.586. The van der Waals surface area contributed by atoms with E-state index in [9.17, 15) is 4.79 Å². The summed E-state index contributed by atoms with van der Waals surface area (Å²) in [6, 6.07) is 21.2. The van der Waals surface area contributed by atoms with Crippen LogP contribution in [0.3, 0.4) is 0 Å². The highest BCUT2D eigenvalue weighted by Crippen LogP contribution is 2.32. The Labute approximate surface area is 181 Å². The second-order valence-electron chi connectivity index (χ2n) is 7.05. The summed E-state index contributed by atoms with van der Waals surface area (Å²) in [5.41, 5.74) is 3.05. The van der Waals surface area contributed by atoms with Gasteiger partial charge in [-0.3, -0.25) is 4.79 Å². The molecule has 0 saturated carbocycles. The molecular formula is C24H23N3O2S. The number of allylic oxidation sites excluding steroid dienone is 1. The lowest BCUT2D eigenvalue weighted by atomic mass is 9.91. The van der Waals surface area contributed by atoms with Gasteiger partial charge in [-0.1, -0.05) is 42.5 Å². The van der Waals surface area contributed by atoms with Gasteiger partial charge >= 0.3 is 0 Å². The quantitative estimate of drug-likeness (QED) is 0.527. The Hall–Kier alpha value is -3.38. The summed E-state index contributed by atoms with van der Waals surface area (Å²) in [6.45, 7) is 4.41. The maximum absolute atomic E-state index is 13.3. The molecule has 0 aliphatic carbocycles. The highest BCUT2D eigenvalue weighted by Gasteiger charge is 2.30. The molecule has 0 fully saturated rings. The van der Waals surface area contributed by atoms with Crippen LogP contribution in [0.15, 0.2) is 78.0 Å². The van der Waals surface area contributed by atoms with E-state index in [1.165, 1.54) is 0 Å². The van der Waals surface area contributed by atoms with E-state index in [0.29, 0.717) is 23.0 Å². The zero-order chi connectivity index (χ0) is 21.1. The zero-order valence-corrected chi connectivity index (χ0v) is 17.7. The monoisotopic (exact) mass is 417 g/mol. The van der Waals surface area contributed by atoms with E-state index in [1.54, 1.807) is 0 Å².